The third-order valence-electron chi connectivity index (χ3n) is 14.2. The number of benzene rings is 3. The molecule has 0 aliphatic carbocycles. The van der Waals surface area contributed by atoms with E-state index < -0.39 is 24.3 Å². The molecule has 0 spiro atoms. The molecule has 2 aromatic heterocycles. The lowest BCUT2D eigenvalue weighted by Crippen LogP contribution is -2.51. The number of hydrogen-bond donors (Lipinski definition) is 4. The van der Waals surface area contributed by atoms with Crippen molar-refractivity contribution in [1.82, 2.24) is 40.4 Å². The number of ether oxygens (including phenoxy) is 2. The first-order chi connectivity index (χ1) is 33.1. The van der Waals surface area contributed by atoms with Gasteiger partial charge < -0.3 is 44.8 Å². The van der Waals surface area contributed by atoms with Crippen molar-refractivity contribution in [2.75, 3.05) is 32.1 Å². The lowest BCUT2D eigenvalue weighted by atomic mass is 9.87. The summed E-state index contributed by atoms with van der Waals surface area (Å²) < 4.78 is 10.3. The Labute approximate surface area is 406 Å². The molecular formula is C54H69N9O6. The van der Waals surface area contributed by atoms with E-state index in [0.29, 0.717) is 13.1 Å². The molecule has 15 heteroatoms. The number of nitrogens with one attached hydrogen (secondary N) is 4. The summed E-state index contributed by atoms with van der Waals surface area (Å²) in [6, 6.07) is 25.6. The zero-order valence-corrected chi connectivity index (χ0v) is 41.5. The number of imidazole rings is 2. The number of anilines is 1. The van der Waals surface area contributed by atoms with Crippen molar-refractivity contribution >= 4 is 29.7 Å². The molecule has 3 fully saturated rings. The van der Waals surface area contributed by atoms with E-state index in [0.717, 1.165) is 72.7 Å². The molecule has 69 heavy (non-hydrogen) atoms. The van der Waals surface area contributed by atoms with Gasteiger partial charge in [-0.25, -0.2) is 19.6 Å². The molecule has 0 saturated carbocycles. The van der Waals surface area contributed by atoms with Crippen molar-refractivity contribution in [2.45, 2.75) is 129 Å². The minimum atomic E-state index is -0.875. The van der Waals surface area contributed by atoms with Crippen molar-refractivity contribution in [2.24, 2.45) is 11.8 Å². The molecule has 4 N–H and O–H groups in total. The summed E-state index contributed by atoms with van der Waals surface area (Å²) in [5.41, 5.74) is 8.58. The first kappa shape index (κ1) is 48.8. The summed E-state index contributed by atoms with van der Waals surface area (Å²) in [5, 5.41) is 5.20. The van der Waals surface area contributed by atoms with E-state index in [1.807, 2.05) is 49.9 Å². The van der Waals surface area contributed by atoms with Gasteiger partial charge in [-0.1, -0.05) is 109 Å². The lowest BCUT2D eigenvalue weighted by Gasteiger charge is -2.34. The molecular weight excluding hydrogens is 871 g/mol. The third kappa shape index (κ3) is 10.4. The average Bonchev–Trinajstić information content (AvgIpc) is 4.21. The predicted octanol–water partition coefficient (Wildman–Crippen LogP) is 9.94. The number of H-pyrrole nitrogens is 2. The number of aromatic amines is 2. The first-order valence-corrected chi connectivity index (χ1v) is 24.6. The Morgan fingerprint density at radius 3 is 1.58 bits per heavy atom. The first-order valence-electron chi connectivity index (χ1n) is 24.6. The van der Waals surface area contributed by atoms with Crippen LogP contribution in [0.4, 0.5) is 15.3 Å². The monoisotopic (exact) mass is 940 g/mol. The van der Waals surface area contributed by atoms with E-state index in [4.69, 9.17) is 19.4 Å². The molecule has 0 bridgehead atoms. The minimum Gasteiger partial charge on any atom is -0.453 e. The van der Waals surface area contributed by atoms with Crippen molar-refractivity contribution in [3.05, 3.63) is 113 Å². The number of aromatic nitrogens is 4. The van der Waals surface area contributed by atoms with Gasteiger partial charge in [-0.2, -0.15) is 0 Å². The highest BCUT2D eigenvalue weighted by atomic mass is 16.6. The van der Waals surface area contributed by atoms with E-state index in [-0.39, 0.29) is 53.2 Å². The molecule has 4 amide bonds. The lowest BCUT2D eigenvalue weighted by molar-refractivity contribution is -0.143. The van der Waals surface area contributed by atoms with E-state index in [1.54, 1.807) is 0 Å². The fourth-order valence-corrected chi connectivity index (χ4v) is 10.4. The van der Waals surface area contributed by atoms with Crippen LogP contribution < -0.4 is 15.5 Å². The van der Waals surface area contributed by atoms with Crippen LogP contribution in [0.2, 0.25) is 0 Å². The average molecular weight is 940 g/mol. The van der Waals surface area contributed by atoms with E-state index in [1.165, 1.54) is 36.5 Å². The minimum absolute atomic E-state index is 0.0263. The molecule has 5 heterocycles. The van der Waals surface area contributed by atoms with Crippen LogP contribution in [0.3, 0.4) is 0 Å². The van der Waals surface area contributed by atoms with Crippen molar-refractivity contribution < 1.29 is 28.7 Å². The summed E-state index contributed by atoms with van der Waals surface area (Å²) in [4.78, 5) is 74.5. The number of hydrogen-bond acceptors (Lipinski definition) is 9. The fraction of sp³-hybridized carbons (Fsp3) is 0.481. The van der Waals surface area contributed by atoms with Gasteiger partial charge in [0.1, 0.15) is 17.7 Å². The maximum atomic E-state index is 13.8. The standard InChI is InChI=1S/C54H69N9O6/c1-32(2)46(60-53(67)68-9)50(64)61-28-10-12-44(61)40-30-56-48(58-40)36-18-14-34(15-19-36)42-26-27-43(63(42)39-24-22-38(23-25-39)54(5,6)7)35-16-20-37(21-17-35)49-57-31-41(59-49)45-13-11-29-62(45)51(65)47(33(3)4)69-52(66)55-8/h14-25,30-33,42-47H,10-13,26-29H2,1-9H3,(H,55,66)(H,56,58)(H,57,59)(H,60,67)/t42-,43-,44+,45+,46+,47+/m1/s1. The van der Waals surface area contributed by atoms with E-state index in [2.05, 4.69) is 119 Å². The number of carbonyl (C=O) groups excluding carboxylic acids is 4. The van der Waals surface area contributed by atoms with Gasteiger partial charge in [0.05, 0.1) is 55.1 Å². The summed E-state index contributed by atoms with van der Waals surface area (Å²) >= 11 is 0. The molecule has 366 valence electrons. The molecule has 8 rings (SSSR count). The van der Waals surface area contributed by atoms with Crippen LogP contribution in [0, 0.1) is 11.8 Å². The highest BCUT2D eigenvalue weighted by Gasteiger charge is 2.40. The van der Waals surface area contributed by atoms with Gasteiger partial charge in [0, 0.05) is 37.0 Å². The smallest absolute Gasteiger partial charge is 0.407 e. The molecule has 3 aliphatic heterocycles. The number of carbonyl (C=O) groups is 4. The quantitative estimate of drug-likeness (QED) is 0.0895. The Hall–Kier alpha value is -6.64. The van der Waals surface area contributed by atoms with Gasteiger partial charge in [-0.15, -0.1) is 0 Å². The number of nitrogens with zero attached hydrogens (tertiary/aromatic N) is 5. The Balaban J connectivity index is 1.00. The normalized spacial score (nSPS) is 20.4. The number of likely N-dealkylation sites (tertiary alicyclic amines) is 2. The van der Waals surface area contributed by atoms with Crippen molar-refractivity contribution in [3.63, 3.8) is 0 Å². The number of alkyl carbamates (subject to hydrolysis) is 2. The second kappa shape index (κ2) is 20.5. The van der Waals surface area contributed by atoms with Gasteiger partial charge in [0.25, 0.3) is 5.91 Å². The predicted molar refractivity (Wildman–Crippen MR) is 266 cm³/mol. The van der Waals surface area contributed by atoms with Crippen molar-refractivity contribution in [3.8, 4) is 22.8 Å². The molecule has 3 saturated heterocycles. The van der Waals surface area contributed by atoms with Crippen LogP contribution in [0.5, 0.6) is 0 Å². The van der Waals surface area contributed by atoms with Crippen LogP contribution in [0.25, 0.3) is 22.8 Å². The van der Waals surface area contributed by atoms with Gasteiger partial charge in [-0.3, -0.25) is 9.59 Å². The summed E-state index contributed by atoms with van der Waals surface area (Å²) in [6.07, 6.45) is 6.79. The Morgan fingerprint density at radius 2 is 1.14 bits per heavy atom. The number of amides is 4. The fourth-order valence-electron chi connectivity index (χ4n) is 10.4. The highest BCUT2D eigenvalue weighted by Crippen LogP contribution is 2.48. The third-order valence-corrected chi connectivity index (χ3v) is 14.2. The second-order valence-corrected chi connectivity index (χ2v) is 20.5. The Bertz CT molecular complexity index is 2430. The van der Waals surface area contributed by atoms with Crippen LogP contribution >= 0.6 is 0 Å². The van der Waals surface area contributed by atoms with Gasteiger partial charge in [0.15, 0.2) is 6.10 Å². The van der Waals surface area contributed by atoms with E-state index >= 15 is 0 Å². The van der Waals surface area contributed by atoms with Gasteiger partial charge in [-0.05, 0) is 84.6 Å². The maximum Gasteiger partial charge on any atom is 0.407 e. The molecule has 3 aromatic carbocycles. The Morgan fingerprint density at radius 1 is 0.652 bits per heavy atom. The zero-order chi connectivity index (χ0) is 49.1. The SMILES string of the molecule is CNC(=O)O[C@H](C(=O)N1CCC[C@H]1c1cnc(-c2ccc([C@H]3CC[C@H](c4ccc(-c5ncc([C@@H]6CCCN6C(=O)[C@@H](NC(=O)OC)C(C)C)[nH]5)cc4)N3c3ccc(C(C)(C)C)cc3)cc2)[nH]1)C(C)C. The Kier molecular flexibility index (Phi) is 14.5. The second-order valence-electron chi connectivity index (χ2n) is 20.5. The largest absolute Gasteiger partial charge is 0.453 e. The molecule has 6 atom stereocenters. The van der Waals surface area contributed by atoms with Crippen molar-refractivity contribution in [1.29, 1.82) is 0 Å². The van der Waals surface area contributed by atoms with Crippen LogP contribution in [0.15, 0.2) is 85.2 Å². The van der Waals surface area contributed by atoms with Crippen LogP contribution in [-0.2, 0) is 24.5 Å². The van der Waals surface area contributed by atoms with Crippen LogP contribution in [-0.4, -0.2) is 93.1 Å². The van der Waals surface area contributed by atoms with Gasteiger partial charge >= 0.3 is 12.2 Å². The number of methoxy groups -OCH3 is 1. The molecule has 5 aromatic rings. The molecule has 3 aliphatic rings. The maximum absolute atomic E-state index is 13.8. The molecule has 0 radical (unpaired) electrons. The summed E-state index contributed by atoms with van der Waals surface area (Å²) in [6.45, 7) is 15.5. The highest BCUT2D eigenvalue weighted by molar-refractivity contribution is 5.86. The zero-order valence-electron chi connectivity index (χ0n) is 41.5. The van der Waals surface area contributed by atoms with E-state index in [9.17, 15) is 19.2 Å². The van der Waals surface area contributed by atoms with Crippen LogP contribution in [0.1, 0.15) is 139 Å². The molecule has 15 nitrogen and oxygen atoms in total. The van der Waals surface area contributed by atoms with Gasteiger partial charge in [0.2, 0.25) is 5.91 Å². The number of rotatable bonds is 13. The molecule has 0 unspecified atom stereocenters. The summed E-state index contributed by atoms with van der Waals surface area (Å²) in [5.74, 6) is 0.883. The topological polar surface area (TPSA) is 178 Å². The summed E-state index contributed by atoms with van der Waals surface area (Å²) in [7, 11) is 2.79.